The van der Waals surface area contributed by atoms with E-state index in [0.717, 1.165) is 30.6 Å². The smallest absolute Gasteiger partial charge is 0.101 e. The van der Waals surface area contributed by atoms with Gasteiger partial charge < -0.3 is 10.0 Å². The summed E-state index contributed by atoms with van der Waals surface area (Å²) in [7, 11) is 0. The molecular formula is C13H16N2O. The molecule has 0 spiro atoms. The van der Waals surface area contributed by atoms with Gasteiger partial charge in [0.25, 0.3) is 0 Å². The Morgan fingerprint density at radius 1 is 1.50 bits per heavy atom. The van der Waals surface area contributed by atoms with Crippen molar-refractivity contribution < 1.29 is 5.11 Å². The molecule has 1 fully saturated rings. The van der Waals surface area contributed by atoms with Crippen LogP contribution in [0.2, 0.25) is 0 Å². The number of nitriles is 1. The van der Waals surface area contributed by atoms with E-state index in [9.17, 15) is 5.11 Å². The number of nitrogens with zero attached hydrogens (tertiary/aromatic N) is 2. The van der Waals surface area contributed by atoms with Gasteiger partial charge in [-0.3, -0.25) is 0 Å². The van der Waals surface area contributed by atoms with Crippen LogP contribution >= 0.6 is 0 Å². The van der Waals surface area contributed by atoms with Crippen molar-refractivity contribution in [3.8, 4) is 6.07 Å². The predicted octanol–water partition coefficient (Wildman–Crippen LogP) is 1.83. The van der Waals surface area contributed by atoms with E-state index in [1.54, 1.807) is 0 Å². The summed E-state index contributed by atoms with van der Waals surface area (Å²) in [4.78, 5) is 2.11. The van der Waals surface area contributed by atoms with Crippen LogP contribution in [0.4, 0.5) is 5.69 Å². The molecule has 16 heavy (non-hydrogen) atoms. The highest BCUT2D eigenvalue weighted by Gasteiger charge is 2.19. The molecule has 0 amide bonds. The molecule has 0 unspecified atom stereocenters. The molecule has 0 aliphatic carbocycles. The molecule has 1 aliphatic heterocycles. The van der Waals surface area contributed by atoms with Crippen LogP contribution in [0.3, 0.4) is 0 Å². The Morgan fingerprint density at radius 2 is 2.31 bits per heavy atom. The van der Waals surface area contributed by atoms with Crippen LogP contribution in [0.5, 0.6) is 0 Å². The lowest BCUT2D eigenvalue weighted by Crippen LogP contribution is -2.38. The second kappa shape index (κ2) is 4.54. The van der Waals surface area contributed by atoms with Crippen LogP contribution < -0.4 is 4.90 Å². The van der Waals surface area contributed by atoms with E-state index in [1.165, 1.54) is 0 Å². The maximum absolute atomic E-state index is 9.65. The minimum absolute atomic E-state index is 0.263. The van der Waals surface area contributed by atoms with Crippen molar-refractivity contribution in [2.75, 3.05) is 18.0 Å². The van der Waals surface area contributed by atoms with Crippen molar-refractivity contribution in [1.82, 2.24) is 0 Å². The van der Waals surface area contributed by atoms with E-state index < -0.39 is 0 Å². The number of rotatable bonds is 1. The van der Waals surface area contributed by atoms with Crippen molar-refractivity contribution in [3.05, 3.63) is 29.3 Å². The highest BCUT2D eigenvalue weighted by molar-refractivity contribution is 5.61. The molecule has 3 nitrogen and oxygen atoms in total. The minimum Gasteiger partial charge on any atom is -0.391 e. The molecule has 2 rings (SSSR count). The van der Waals surface area contributed by atoms with Crippen molar-refractivity contribution in [2.45, 2.75) is 25.9 Å². The SMILES string of the molecule is Cc1ccc(C#N)c(N2CCC[C@H](O)C2)c1. The third-order valence-corrected chi connectivity index (χ3v) is 3.01. The number of benzene rings is 1. The van der Waals surface area contributed by atoms with E-state index in [-0.39, 0.29) is 6.10 Å². The molecule has 1 aliphatic rings. The monoisotopic (exact) mass is 216 g/mol. The number of piperidine rings is 1. The fraction of sp³-hybridized carbons (Fsp3) is 0.462. The standard InChI is InChI=1S/C13H16N2O/c1-10-4-5-11(8-14)13(7-10)15-6-2-3-12(16)9-15/h4-5,7,12,16H,2-3,6,9H2,1H3/t12-/m0/s1. The number of aryl methyl sites for hydroxylation is 1. The molecule has 0 saturated carbocycles. The first kappa shape index (κ1) is 11.0. The van der Waals surface area contributed by atoms with Crippen molar-refractivity contribution in [3.63, 3.8) is 0 Å². The lowest BCUT2D eigenvalue weighted by Gasteiger charge is -2.32. The summed E-state index contributed by atoms with van der Waals surface area (Å²) in [6.07, 6.45) is 1.59. The van der Waals surface area contributed by atoms with Crippen molar-refractivity contribution >= 4 is 5.69 Å². The Balaban J connectivity index is 2.31. The lowest BCUT2D eigenvalue weighted by molar-refractivity contribution is 0.154. The van der Waals surface area contributed by atoms with E-state index in [2.05, 4.69) is 11.0 Å². The van der Waals surface area contributed by atoms with Gasteiger partial charge in [0.2, 0.25) is 0 Å². The summed E-state index contributed by atoms with van der Waals surface area (Å²) in [5, 5.41) is 18.7. The third kappa shape index (κ3) is 2.17. The van der Waals surface area contributed by atoms with E-state index in [1.807, 2.05) is 25.1 Å². The topological polar surface area (TPSA) is 47.3 Å². The Kier molecular flexibility index (Phi) is 3.12. The molecule has 1 aromatic rings. The third-order valence-electron chi connectivity index (χ3n) is 3.01. The highest BCUT2D eigenvalue weighted by Crippen LogP contribution is 2.25. The van der Waals surface area contributed by atoms with Gasteiger partial charge in [0.1, 0.15) is 6.07 Å². The van der Waals surface area contributed by atoms with Gasteiger partial charge in [-0.15, -0.1) is 0 Å². The number of aliphatic hydroxyl groups excluding tert-OH is 1. The average Bonchev–Trinajstić information content (AvgIpc) is 2.29. The fourth-order valence-electron chi connectivity index (χ4n) is 2.17. The zero-order chi connectivity index (χ0) is 11.5. The van der Waals surface area contributed by atoms with Gasteiger partial charge in [-0.05, 0) is 37.5 Å². The van der Waals surface area contributed by atoms with Crippen molar-refractivity contribution in [2.24, 2.45) is 0 Å². The van der Waals surface area contributed by atoms with Crippen LogP contribution in [0.25, 0.3) is 0 Å². The van der Waals surface area contributed by atoms with Gasteiger partial charge in [0.05, 0.1) is 17.4 Å². The largest absolute Gasteiger partial charge is 0.391 e. The second-order valence-electron chi connectivity index (χ2n) is 4.37. The lowest BCUT2D eigenvalue weighted by atomic mass is 10.0. The molecule has 1 aromatic carbocycles. The molecule has 1 saturated heterocycles. The normalized spacial score (nSPS) is 20.6. The quantitative estimate of drug-likeness (QED) is 0.779. The first-order chi connectivity index (χ1) is 7.70. The number of hydrogen-bond donors (Lipinski definition) is 1. The molecule has 84 valence electrons. The van der Waals surface area contributed by atoms with Gasteiger partial charge >= 0.3 is 0 Å². The summed E-state index contributed by atoms with van der Waals surface area (Å²) in [5.41, 5.74) is 2.80. The van der Waals surface area contributed by atoms with E-state index >= 15 is 0 Å². The molecule has 0 radical (unpaired) electrons. The van der Waals surface area contributed by atoms with Crippen LogP contribution in [0.1, 0.15) is 24.0 Å². The number of β-amino-alcohol motifs (C(OH)–C–C–N with tert-alkyl or cyclic N) is 1. The highest BCUT2D eigenvalue weighted by atomic mass is 16.3. The summed E-state index contributed by atoms with van der Waals surface area (Å²) in [6.45, 7) is 3.58. The van der Waals surface area contributed by atoms with Crippen LogP contribution in [0, 0.1) is 18.3 Å². The zero-order valence-electron chi connectivity index (χ0n) is 9.48. The molecule has 0 aromatic heterocycles. The summed E-state index contributed by atoms with van der Waals surface area (Å²) >= 11 is 0. The average molecular weight is 216 g/mol. The Bertz CT molecular complexity index is 422. The molecule has 1 heterocycles. The van der Waals surface area contributed by atoms with Crippen LogP contribution in [-0.4, -0.2) is 24.3 Å². The van der Waals surface area contributed by atoms with Gasteiger partial charge in [0.15, 0.2) is 0 Å². The van der Waals surface area contributed by atoms with Crippen LogP contribution in [0.15, 0.2) is 18.2 Å². The second-order valence-corrected chi connectivity index (χ2v) is 4.37. The first-order valence-electron chi connectivity index (χ1n) is 5.64. The molecule has 1 N–H and O–H groups in total. The van der Waals surface area contributed by atoms with E-state index in [4.69, 9.17) is 5.26 Å². The summed E-state index contributed by atoms with van der Waals surface area (Å²) in [5.74, 6) is 0. The Morgan fingerprint density at radius 3 is 3.00 bits per heavy atom. The van der Waals surface area contributed by atoms with Gasteiger partial charge in [-0.2, -0.15) is 5.26 Å². The van der Waals surface area contributed by atoms with Crippen molar-refractivity contribution in [1.29, 1.82) is 5.26 Å². The first-order valence-corrected chi connectivity index (χ1v) is 5.64. The van der Waals surface area contributed by atoms with E-state index in [0.29, 0.717) is 12.1 Å². The Labute approximate surface area is 95.9 Å². The number of hydrogen-bond acceptors (Lipinski definition) is 3. The molecular weight excluding hydrogens is 200 g/mol. The predicted molar refractivity (Wildman–Crippen MR) is 63.3 cm³/mol. The minimum atomic E-state index is -0.263. The maximum Gasteiger partial charge on any atom is 0.101 e. The number of anilines is 1. The van der Waals surface area contributed by atoms with Gasteiger partial charge in [-0.1, -0.05) is 6.07 Å². The maximum atomic E-state index is 9.65. The van der Waals surface area contributed by atoms with Gasteiger partial charge in [-0.25, -0.2) is 0 Å². The number of aliphatic hydroxyl groups is 1. The zero-order valence-corrected chi connectivity index (χ0v) is 9.48. The molecule has 0 bridgehead atoms. The van der Waals surface area contributed by atoms with Gasteiger partial charge in [0, 0.05) is 13.1 Å². The summed E-state index contributed by atoms with van der Waals surface area (Å²) < 4.78 is 0. The summed E-state index contributed by atoms with van der Waals surface area (Å²) in [6, 6.07) is 8.04. The molecule has 3 heteroatoms. The van der Waals surface area contributed by atoms with Crippen LogP contribution in [-0.2, 0) is 0 Å². The molecule has 1 atom stereocenters. The fourth-order valence-corrected chi connectivity index (χ4v) is 2.17. The Hall–Kier alpha value is -1.53.